The first-order valence-electron chi connectivity index (χ1n) is 7.87. The molecule has 1 aliphatic rings. The second-order valence-corrected chi connectivity index (χ2v) is 5.86. The molecule has 3 rings (SSSR count). The van der Waals surface area contributed by atoms with Crippen molar-refractivity contribution >= 4 is 17.0 Å². The fourth-order valence-corrected chi connectivity index (χ4v) is 2.66. The highest BCUT2D eigenvalue weighted by molar-refractivity contribution is 5.82. The van der Waals surface area contributed by atoms with Crippen LogP contribution in [-0.4, -0.2) is 78.0 Å². The van der Waals surface area contributed by atoms with Gasteiger partial charge < -0.3 is 30.5 Å². The molecular weight excluding hydrogens is 330 g/mol. The minimum absolute atomic E-state index is 0.0131. The summed E-state index contributed by atoms with van der Waals surface area (Å²) < 4.78 is 7.01. The van der Waals surface area contributed by atoms with Crippen molar-refractivity contribution in [2.75, 3.05) is 25.1 Å². The van der Waals surface area contributed by atoms with Crippen molar-refractivity contribution in [2.45, 2.75) is 31.5 Å². The zero-order valence-electron chi connectivity index (χ0n) is 13.6. The quantitative estimate of drug-likeness (QED) is 0.404. The van der Waals surface area contributed by atoms with Crippen molar-refractivity contribution in [1.29, 1.82) is 0 Å². The van der Waals surface area contributed by atoms with Crippen LogP contribution in [0.2, 0.25) is 0 Å². The van der Waals surface area contributed by atoms with E-state index in [9.17, 15) is 15.3 Å². The van der Waals surface area contributed by atoms with Crippen molar-refractivity contribution in [1.82, 2.24) is 19.5 Å². The molecule has 2 aromatic rings. The summed E-state index contributed by atoms with van der Waals surface area (Å²) in [5, 5.41) is 41.4. The molecule has 0 bridgehead atoms. The van der Waals surface area contributed by atoms with Crippen LogP contribution in [0.3, 0.4) is 0 Å². The molecule has 1 fully saturated rings. The minimum atomic E-state index is -1.21. The van der Waals surface area contributed by atoms with Crippen molar-refractivity contribution in [3.63, 3.8) is 0 Å². The number of hydrogen-bond donors (Lipinski definition) is 5. The molecular formula is C15H21N5O5. The summed E-state index contributed by atoms with van der Waals surface area (Å²) in [7, 11) is 0. The van der Waals surface area contributed by atoms with Gasteiger partial charge >= 0.3 is 0 Å². The summed E-state index contributed by atoms with van der Waals surface area (Å²) in [6.07, 6.45) is 0.443. The molecule has 0 spiro atoms. The highest BCUT2D eigenvalue weighted by Gasteiger charge is 2.44. The number of anilines is 1. The topological polar surface area (TPSA) is 146 Å². The van der Waals surface area contributed by atoms with Gasteiger partial charge in [-0.1, -0.05) is 11.6 Å². The predicted molar refractivity (Wildman–Crippen MR) is 87.7 cm³/mol. The van der Waals surface area contributed by atoms with Gasteiger partial charge in [-0.05, 0) is 6.92 Å². The third kappa shape index (κ3) is 3.34. The van der Waals surface area contributed by atoms with Crippen molar-refractivity contribution in [2.24, 2.45) is 0 Å². The second kappa shape index (κ2) is 7.42. The molecule has 0 radical (unpaired) electrons. The monoisotopic (exact) mass is 351 g/mol. The Kier molecular flexibility index (Phi) is 5.25. The number of aliphatic hydroxyl groups is 4. The van der Waals surface area contributed by atoms with Gasteiger partial charge in [-0.25, -0.2) is 15.0 Å². The van der Waals surface area contributed by atoms with Crippen molar-refractivity contribution in [3.05, 3.63) is 24.3 Å². The molecule has 0 aromatic carbocycles. The Morgan fingerprint density at radius 2 is 2.08 bits per heavy atom. The molecule has 10 heteroatoms. The third-order valence-electron chi connectivity index (χ3n) is 4.12. The Hall–Kier alpha value is -2.11. The Morgan fingerprint density at radius 3 is 2.76 bits per heavy atom. The number of nitrogens with one attached hydrogen (secondary N) is 1. The number of nitrogens with zero attached hydrogens (tertiary/aromatic N) is 4. The molecule has 4 atom stereocenters. The van der Waals surface area contributed by atoms with E-state index in [0.29, 0.717) is 23.5 Å². The molecule has 5 N–H and O–H groups in total. The predicted octanol–water partition coefficient (Wildman–Crippen LogP) is -1.21. The molecule has 136 valence electrons. The molecule has 0 aliphatic carbocycles. The number of ether oxygens (including phenoxy) is 1. The molecule has 25 heavy (non-hydrogen) atoms. The summed E-state index contributed by atoms with van der Waals surface area (Å²) >= 11 is 0. The molecule has 0 amide bonds. The van der Waals surface area contributed by atoms with Gasteiger partial charge in [0.15, 0.2) is 23.2 Å². The standard InChI is InChI=1S/C15H21N5O5/c1-8(4-21)2-3-16-13-10-14(18-6-17-13)20(7-19-10)15-12(24)11(23)9(5-22)25-15/h2,6-7,9,11-12,15,21-24H,3-5H2,1H3,(H,16,17,18). The Balaban J connectivity index is 1.86. The van der Waals surface area contributed by atoms with Crippen LogP contribution in [0.15, 0.2) is 24.3 Å². The van der Waals surface area contributed by atoms with E-state index in [1.165, 1.54) is 17.2 Å². The second-order valence-electron chi connectivity index (χ2n) is 5.86. The molecule has 3 heterocycles. The van der Waals surface area contributed by atoms with E-state index in [-0.39, 0.29) is 6.61 Å². The Labute approximate surface area is 143 Å². The molecule has 0 saturated carbocycles. The first kappa shape index (κ1) is 17.7. The van der Waals surface area contributed by atoms with Crippen LogP contribution in [0, 0.1) is 0 Å². The maximum atomic E-state index is 10.2. The summed E-state index contributed by atoms with van der Waals surface area (Å²) in [6, 6.07) is 0. The van der Waals surface area contributed by atoms with Crippen molar-refractivity contribution < 1.29 is 25.2 Å². The van der Waals surface area contributed by atoms with Crippen LogP contribution in [0.25, 0.3) is 11.2 Å². The van der Waals surface area contributed by atoms with Gasteiger partial charge in [0.25, 0.3) is 0 Å². The zero-order valence-corrected chi connectivity index (χ0v) is 13.6. The molecule has 1 aliphatic heterocycles. The summed E-state index contributed by atoms with van der Waals surface area (Å²) in [5.41, 5.74) is 1.74. The lowest BCUT2D eigenvalue weighted by Gasteiger charge is -2.16. The highest BCUT2D eigenvalue weighted by Crippen LogP contribution is 2.31. The molecule has 2 aromatic heterocycles. The minimum Gasteiger partial charge on any atom is -0.394 e. The smallest absolute Gasteiger partial charge is 0.167 e. The van der Waals surface area contributed by atoms with Crippen LogP contribution < -0.4 is 5.32 Å². The van der Waals surface area contributed by atoms with E-state index in [1.54, 1.807) is 0 Å². The van der Waals surface area contributed by atoms with Gasteiger partial charge in [0, 0.05) is 6.54 Å². The van der Waals surface area contributed by atoms with Gasteiger partial charge in [0.05, 0.1) is 19.5 Å². The number of imidazole rings is 1. The van der Waals surface area contributed by atoms with E-state index in [0.717, 1.165) is 5.57 Å². The van der Waals surface area contributed by atoms with Crippen LogP contribution in [0.5, 0.6) is 0 Å². The zero-order chi connectivity index (χ0) is 18.0. The van der Waals surface area contributed by atoms with Gasteiger partial charge in [-0.2, -0.15) is 0 Å². The summed E-state index contributed by atoms with van der Waals surface area (Å²) in [5.74, 6) is 0.498. The van der Waals surface area contributed by atoms with E-state index >= 15 is 0 Å². The molecule has 10 nitrogen and oxygen atoms in total. The van der Waals surface area contributed by atoms with Gasteiger partial charge in [0.2, 0.25) is 0 Å². The average molecular weight is 351 g/mol. The maximum Gasteiger partial charge on any atom is 0.167 e. The lowest BCUT2D eigenvalue weighted by Crippen LogP contribution is -2.33. The van der Waals surface area contributed by atoms with Crippen LogP contribution in [0.4, 0.5) is 5.82 Å². The number of hydrogen-bond acceptors (Lipinski definition) is 9. The number of aromatic nitrogens is 4. The fraction of sp³-hybridized carbons (Fsp3) is 0.533. The first-order chi connectivity index (χ1) is 12.1. The lowest BCUT2D eigenvalue weighted by atomic mass is 10.1. The van der Waals surface area contributed by atoms with Gasteiger partial charge in [0.1, 0.15) is 24.6 Å². The first-order valence-corrected chi connectivity index (χ1v) is 7.87. The maximum absolute atomic E-state index is 10.2. The van der Waals surface area contributed by atoms with Crippen LogP contribution in [-0.2, 0) is 4.74 Å². The SMILES string of the molecule is CC(=CCNc1ncnc2c1ncn2C1OC(CO)C(O)C1O)CO. The van der Waals surface area contributed by atoms with Gasteiger partial charge in [-0.15, -0.1) is 0 Å². The largest absolute Gasteiger partial charge is 0.394 e. The Bertz CT molecular complexity index is 764. The lowest BCUT2D eigenvalue weighted by molar-refractivity contribution is -0.0511. The van der Waals surface area contributed by atoms with Crippen LogP contribution in [0.1, 0.15) is 13.2 Å². The van der Waals surface area contributed by atoms with Gasteiger partial charge in [-0.3, -0.25) is 4.57 Å². The normalized spacial score (nSPS) is 27.2. The molecule has 1 saturated heterocycles. The highest BCUT2D eigenvalue weighted by atomic mass is 16.6. The fourth-order valence-electron chi connectivity index (χ4n) is 2.66. The van der Waals surface area contributed by atoms with E-state index in [1.807, 2.05) is 13.0 Å². The molecule has 4 unspecified atom stereocenters. The van der Waals surface area contributed by atoms with E-state index in [4.69, 9.17) is 9.84 Å². The number of rotatable bonds is 6. The number of fused-ring (bicyclic) bond motifs is 1. The van der Waals surface area contributed by atoms with Crippen molar-refractivity contribution in [3.8, 4) is 0 Å². The Morgan fingerprint density at radius 1 is 1.28 bits per heavy atom. The third-order valence-corrected chi connectivity index (χ3v) is 4.12. The average Bonchev–Trinajstić information content (AvgIpc) is 3.17. The van der Waals surface area contributed by atoms with E-state index in [2.05, 4.69) is 20.3 Å². The summed E-state index contributed by atoms with van der Waals surface area (Å²) in [6.45, 7) is 1.85. The van der Waals surface area contributed by atoms with E-state index < -0.39 is 31.1 Å². The van der Waals surface area contributed by atoms with Crippen LogP contribution >= 0.6 is 0 Å². The summed E-state index contributed by atoms with van der Waals surface area (Å²) in [4.78, 5) is 12.6. The number of aliphatic hydroxyl groups excluding tert-OH is 4.